The summed E-state index contributed by atoms with van der Waals surface area (Å²) in [4.78, 5) is 31.7. The fraction of sp³-hybridized carbons (Fsp3) is 0.0312. The molecule has 0 amide bonds. The number of H-pyrrole nitrogens is 2. The number of aromatic amines is 2. The third-order valence-electron chi connectivity index (χ3n) is 7.94. The molecule has 4 aromatic carbocycles. The molecule has 0 saturated heterocycles. The molecule has 1 unspecified atom stereocenters. The van der Waals surface area contributed by atoms with Crippen LogP contribution in [0, 0.1) is 0 Å². The van der Waals surface area contributed by atoms with Gasteiger partial charge < -0.3 is 15.3 Å². The van der Waals surface area contributed by atoms with Crippen molar-refractivity contribution in [3.63, 3.8) is 0 Å². The molecule has 212 valence electrons. The predicted octanol–water partition coefficient (Wildman–Crippen LogP) is 7.93. The van der Waals surface area contributed by atoms with E-state index in [0.29, 0.717) is 54.4 Å². The Morgan fingerprint density at radius 3 is 1.75 bits per heavy atom. The molecule has 0 aliphatic carbocycles. The molecule has 8 nitrogen and oxygen atoms in total. The van der Waals surface area contributed by atoms with E-state index in [9.17, 15) is 0 Å². The third kappa shape index (κ3) is 3.89. The Kier molecular flexibility index (Phi) is 5.62. The smallest absolute Gasteiger partial charge is 0.164 e. The molecule has 0 spiro atoms. The highest BCUT2D eigenvalue weighted by Gasteiger charge is 2.29. The third-order valence-corrected chi connectivity index (χ3v) is 9.38. The van der Waals surface area contributed by atoms with Gasteiger partial charge in [-0.1, -0.05) is 94.9 Å². The number of fused-ring (bicyclic) bond motifs is 18. The molecule has 6 aromatic rings. The molecule has 3 aliphatic heterocycles. The summed E-state index contributed by atoms with van der Waals surface area (Å²) in [5.74, 6) is 2.75. The molecule has 3 aliphatic rings. The van der Waals surface area contributed by atoms with Crippen LogP contribution in [0.2, 0.25) is 20.1 Å². The van der Waals surface area contributed by atoms with Crippen LogP contribution >= 0.6 is 46.4 Å². The zero-order valence-electron chi connectivity index (χ0n) is 22.3. The molecular weight excluding hydrogens is 638 g/mol. The molecular formula is C32H16Cl4N8. The van der Waals surface area contributed by atoms with E-state index in [1.54, 1.807) is 18.2 Å². The summed E-state index contributed by atoms with van der Waals surface area (Å²) in [5.41, 5.74) is 4.24. The van der Waals surface area contributed by atoms with Crippen molar-refractivity contribution in [1.82, 2.24) is 9.97 Å². The van der Waals surface area contributed by atoms with E-state index in [1.807, 2.05) is 54.6 Å². The Bertz CT molecular complexity index is 2490. The van der Waals surface area contributed by atoms with E-state index in [2.05, 4.69) is 15.3 Å². The van der Waals surface area contributed by atoms with Crippen LogP contribution in [0.1, 0.15) is 28.4 Å². The fourth-order valence-electron chi connectivity index (χ4n) is 5.89. The first-order chi connectivity index (χ1) is 21.4. The highest BCUT2D eigenvalue weighted by Crippen LogP contribution is 2.40. The van der Waals surface area contributed by atoms with Crippen LogP contribution in [0.3, 0.4) is 0 Å². The van der Waals surface area contributed by atoms with Gasteiger partial charge in [-0.15, -0.1) is 0 Å². The van der Waals surface area contributed by atoms with Gasteiger partial charge in [-0.25, -0.2) is 25.0 Å². The second-order valence-corrected chi connectivity index (χ2v) is 12.2. The highest BCUT2D eigenvalue weighted by molar-refractivity contribution is 6.43. The van der Waals surface area contributed by atoms with Crippen LogP contribution in [-0.4, -0.2) is 27.5 Å². The average molecular weight is 654 g/mol. The van der Waals surface area contributed by atoms with E-state index in [0.717, 1.165) is 49.6 Å². The number of nitrogens with one attached hydrogen (secondary N) is 3. The van der Waals surface area contributed by atoms with Crippen molar-refractivity contribution in [2.75, 3.05) is 5.32 Å². The number of anilines is 1. The number of hydrogen-bond acceptors (Lipinski definition) is 6. The zero-order chi connectivity index (χ0) is 29.7. The van der Waals surface area contributed by atoms with E-state index in [4.69, 9.17) is 71.4 Å². The second-order valence-electron chi connectivity index (χ2n) is 10.5. The van der Waals surface area contributed by atoms with Crippen LogP contribution in [0.4, 0.5) is 11.6 Å². The Labute approximate surface area is 268 Å². The minimum atomic E-state index is -0.503. The largest absolute Gasteiger partial charge is 0.346 e. The van der Waals surface area contributed by atoms with Crippen molar-refractivity contribution < 1.29 is 0 Å². The standard InChI is InChI=1S/C32H16Cl4N8/c33-21-9-17-18(10-22(21)34)31-41-27-15-7-3-4-8-16(15)28(38-27)42-32-20-12-24(36)23(35)11-19(20)30(44-32)40-26-14-6-2-1-5-13(14)25(37-26)39-29(17)43-31/h1-12,29,37,39H,(H,38,40,41,42,43,44). The summed E-state index contributed by atoms with van der Waals surface area (Å²) in [5, 5.41) is 8.78. The van der Waals surface area contributed by atoms with Crippen molar-refractivity contribution in [2.45, 2.75) is 6.17 Å². The molecule has 8 bridgehead atoms. The van der Waals surface area contributed by atoms with Gasteiger partial charge in [-0.2, -0.15) is 0 Å². The molecule has 0 saturated carbocycles. The van der Waals surface area contributed by atoms with Gasteiger partial charge in [0.15, 0.2) is 17.5 Å². The number of hydrogen-bond donors (Lipinski definition) is 3. The number of rotatable bonds is 0. The minimum absolute atomic E-state index is 0.399. The number of benzene rings is 4. The molecule has 0 fully saturated rings. The molecule has 9 rings (SSSR count). The van der Waals surface area contributed by atoms with Crippen molar-refractivity contribution >= 4 is 97.1 Å². The maximum Gasteiger partial charge on any atom is 0.164 e. The highest BCUT2D eigenvalue weighted by atomic mass is 35.5. The maximum absolute atomic E-state index is 6.50. The summed E-state index contributed by atoms with van der Waals surface area (Å²) < 4.78 is 0. The first-order valence-corrected chi connectivity index (χ1v) is 15.1. The van der Waals surface area contributed by atoms with Crippen LogP contribution in [0.15, 0.2) is 97.8 Å². The molecule has 1 atom stereocenters. The van der Waals surface area contributed by atoms with E-state index >= 15 is 0 Å². The summed E-state index contributed by atoms with van der Waals surface area (Å²) in [6, 6.07) is 23.0. The average Bonchev–Trinajstić information content (AvgIpc) is 3.73. The Morgan fingerprint density at radius 2 is 1.07 bits per heavy atom. The number of halogens is 4. The van der Waals surface area contributed by atoms with Crippen LogP contribution < -0.4 is 16.3 Å². The van der Waals surface area contributed by atoms with Crippen LogP contribution in [0.5, 0.6) is 0 Å². The topological polar surface area (TPSA) is 105 Å². The summed E-state index contributed by atoms with van der Waals surface area (Å²) in [6.45, 7) is 0. The number of nitrogens with zero attached hydrogens (tertiary/aromatic N) is 5. The van der Waals surface area contributed by atoms with Gasteiger partial charge in [0.1, 0.15) is 28.8 Å². The van der Waals surface area contributed by atoms with Crippen molar-refractivity contribution in [1.29, 1.82) is 0 Å². The Hall–Kier alpha value is -4.47. The monoisotopic (exact) mass is 652 g/mol. The minimum Gasteiger partial charge on any atom is -0.346 e. The maximum atomic E-state index is 6.50. The number of aliphatic imine (C=N–C) groups is 3. The van der Waals surface area contributed by atoms with Crippen LogP contribution in [-0.2, 0) is 0 Å². The van der Waals surface area contributed by atoms with E-state index in [-0.39, 0.29) is 0 Å². The lowest BCUT2D eigenvalue weighted by atomic mass is 10.1. The number of amidine groups is 3. The quantitative estimate of drug-likeness (QED) is 0.152. The van der Waals surface area contributed by atoms with Gasteiger partial charge in [-0.05, 0) is 24.3 Å². The second kappa shape index (κ2) is 9.51. The Balaban J connectivity index is 1.39. The molecule has 3 N–H and O–H groups in total. The number of aromatic nitrogens is 2. The van der Waals surface area contributed by atoms with Gasteiger partial charge >= 0.3 is 0 Å². The summed E-state index contributed by atoms with van der Waals surface area (Å²) in [7, 11) is 0. The summed E-state index contributed by atoms with van der Waals surface area (Å²) in [6.07, 6.45) is -0.503. The van der Waals surface area contributed by atoms with Gasteiger partial charge in [0, 0.05) is 43.8 Å². The first-order valence-electron chi connectivity index (χ1n) is 13.6. The van der Waals surface area contributed by atoms with Crippen molar-refractivity contribution in [3.8, 4) is 0 Å². The van der Waals surface area contributed by atoms with Crippen LogP contribution in [0.25, 0.3) is 21.5 Å². The van der Waals surface area contributed by atoms with Gasteiger partial charge in [0.2, 0.25) is 0 Å². The van der Waals surface area contributed by atoms with E-state index in [1.165, 1.54) is 0 Å². The van der Waals surface area contributed by atoms with Gasteiger partial charge in [0.05, 0.1) is 20.1 Å². The summed E-state index contributed by atoms with van der Waals surface area (Å²) >= 11 is 25.9. The van der Waals surface area contributed by atoms with Crippen molar-refractivity contribution in [3.05, 3.63) is 126 Å². The molecule has 12 heteroatoms. The lowest BCUT2D eigenvalue weighted by Crippen LogP contribution is -2.15. The lowest BCUT2D eigenvalue weighted by molar-refractivity contribution is 0.854. The molecule has 2 aromatic heterocycles. The van der Waals surface area contributed by atoms with E-state index < -0.39 is 6.17 Å². The van der Waals surface area contributed by atoms with Gasteiger partial charge in [0.25, 0.3) is 0 Å². The van der Waals surface area contributed by atoms with Crippen molar-refractivity contribution in [2.24, 2.45) is 25.0 Å². The van der Waals surface area contributed by atoms with Gasteiger partial charge in [-0.3, -0.25) is 0 Å². The molecule has 44 heavy (non-hydrogen) atoms. The molecule has 0 radical (unpaired) electrons. The lowest BCUT2D eigenvalue weighted by Gasteiger charge is -2.13. The first kappa shape index (κ1) is 26.0. The SMILES string of the molecule is Clc1cc2c(cc1Cl)/C1=N/c3[nH]c(c4ccccc34)NC3N=C(N=c4[nH]c(c5ccccc45)=NC2=N1)c1cc(Cl)c(Cl)cc13. The normalized spacial score (nSPS) is 17.6. The Morgan fingerprint density at radius 1 is 0.523 bits per heavy atom. The predicted molar refractivity (Wildman–Crippen MR) is 177 cm³/mol. The fourth-order valence-corrected chi connectivity index (χ4v) is 6.55. The molecule has 5 heterocycles. The zero-order valence-corrected chi connectivity index (χ0v) is 25.3.